The lowest BCUT2D eigenvalue weighted by atomic mass is 9.70. The highest BCUT2D eigenvalue weighted by molar-refractivity contribution is 5.02. The Kier molecular flexibility index (Phi) is 5.88. The van der Waals surface area contributed by atoms with Crippen molar-refractivity contribution in [1.29, 1.82) is 0 Å². The molecule has 0 N–H and O–H groups in total. The average molecular weight is 236 g/mol. The quantitative estimate of drug-likeness (QED) is 0.511. The van der Waals surface area contributed by atoms with Crippen LogP contribution >= 0.6 is 0 Å². The number of hydrogen-bond acceptors (Lipinski definition) is 2. The van der Waals surface area contributed by atoms with Crippen molar-refractivity contribution < 1.29 is 9.47 Å². The molecule has 1 aliphatic carbocycles. The second kappa shape index (κ2) is 7.21. The highest BCUT2D eigenvalue weighted by Crippen LogP contribution is 2.38. The molecule has 0 aromatic rings. The smallest absolute Gasteiger partial charge is 0.0967 e. The molecule has 2 nitrogen and oxygen atoms in total. The Labute approximate surface area is 105 Å². The summed E-state index contributed by atoms with van der Waals surface area (Å²) in [6.45, 7) is 7.66. The van der Waals surface area contributed by atoms with Crippen LogP contribution in [0.15, 0.2) is 36.8 Å². The molecule has 1 unspecified atom stereocenters. The summed E-state index contributed by atoms with van der Waals surface area (Å²) in [5, 5.41) is 0. The number of rotatable bonds is 6. The predicted octanol–water partition coefficient (Wildman–Crippen LogP) is 4.06. The lowest BCUT2D eigenvalue weighted by Crippen LogP contribution is -2.38. The van der Waals surface area contributed by atoms with Crippen molar-refractivity contribution in [1.82, 2.24) is 0 Å². The molecule has 96 valence electrons. The molecule has 17 heavy (non-hydrogen) atoms. The SMILES string of the molecule is CC=COCC1(COC=CC)CC=CCC1C. The molecular formula is C15H24O2. The molecule has 0 aromatic heterocycles. The summed E-state index contributed by atoms with van der Waals surface area (Å²) in [6.07, 6.45) is 14.0. The fraction of sp³-hybridized carbons (Fsp3) is 0.600. The molecule has 0 aliphatic heterocycles. The molecule has 1 rings (SSSR count). The zero-order valence-electron chi connectivity index (χ0n) is 11.2. The van der Waals surface area contributed by atoms with Gasteiger partial charge in [-0.1, -0.05) is 31.2 Å². The van der Waals surface area contributed by atoms with Gasteiger partial charge in [-0.15, -0.1) is 0 Å². The van der Waals surface area contributed by atoms with Crippen LogP contribution in [0.3, 0.4) is 0 Å². The molecule has 0 heterocycles. The Bertz CT molecular complexity index is 273. The zero-order valence-corrected chi connectivity index (χ0v) is 11.2. The number of allylic oxidation sites excluding steroid dienone is 4. The van der Waals surface area contributed by atoms with Gasteiger partial charge in [0.15, 0.2) is 0 Å². The van der Waals surface area contributed by atoms with Gasteiger partial charge in [0, 0.05) is 5.41 Å². The largest absolute Gasteiger partial charge is 0.501 e. The summed E-state index contributed by atoms with van der Waals surface area (Å²) in [6, 6.07) is 0. The topological polar surface area (TPSA) is 18.5 Å². The summed E-state index contributed by atoms with van der Waals surface area (Å²) in [7, 11) is 0. The monoisotopic (exact) mass is 236 g/mol. The Hall–Kier alpha value is -1.18. The van der Waals surface area contributed by atoms with Gasteiger partial charge in [0.2, 0.25) is 0 Å². The van der Waals surface area contributed by atoms with Gasteiger partial charge in [0.25, 0.3) is 0 Å². The second-order valence-electron chi connectivity index (χ2n) is 4.74. The zero-order chi connectivity index (χ0) is 12.6. The first-order chi connectivity index (χ1) is 8.25. The predicted molar refractivity (Wildman–Crippen MR) is 71.5 cm³/mol. The third-order valence-electron chi connectivity index (χ3n) is 3.43. The molecule has 0 fully saturated rings. The minimum Gasteiger partial charge on any atom is -0.501 e. The van der Waals surface area contributed by atoms with Crippen molar-refractivity contribution in [3.63, 3.8) is 0 Å². The van der Waals surface area contributed by atoms with Crippen LogP contribution in [0.2, 0.25) is 0 Å². The van der Waals surface area contributed by atoms with Crippen molar-refractivity contribution in [2.75, 3.05) is 13.2 Å². The van der Waals surface area contributed by atoms with Crippen molar-refractivity contribution in [2.45, 2.75) is 33.6 Å². The Morgan fingerprint density at radius 3 is 2.18 bits per heavy atom. The average Bonchev–Trinajstić information content (AvgIpc) is 2.33. The highest BCUT2D eigenvalue weighted by atomic mass is 16.5. The Morgan fingerprint density at radius 1 is 1.12 bits per heavy atom. The first kappa shape index (κ1) is 13.9. The van der Waals surface area contributed by atoms with Crippen LogP contribution in [-0.4, -0.2) is 13.2 Å². The van der Waals surface area contributed by atoms with E-state index in [2.05, 4.69) is 19.1 Å². The van der Waals surface area contributed by atoms with E-state index < -0.39 is 0 Å². The van der Waals surface area contributed by atoms with E-state index in [0.717, 1.165) is 26.1 Å². The summed E-state index contributed by atoms with van der Waals surface area (Å²) in [5.41, 5.74) is 0.105. The first-order valence-corrected chi connectivity index (χ1v) is 6.35. The van der Waals surface area contributed by atoms with Gasteiger partial charge in [-0.3, -0.25) is 0 Å². The van der Waals surface area contributed by atoms with Crippen LogP contribution in [-0.2, 0) is 9.47 Å². The number of ether oxygens (including phenoxy) is 2. The standard InChI is InChI=1S/C15H24O2/c1-4-10-16-12-15(13-17-11-5-2)9-7-6-8-14(15)3/h4-7,10-11,14H,8-9,12-13H2,1-3H3. The fourth-order valence-electron chi connectivity index (χ4n) is 2.13. The molecule has 0 spiro atoms. The molecule has 0 saturated carbocycles. The molecule has 0 saturated heterocycles. The van der Waals surface area contributed by atoms with E-state index in [9.17, 15) is 0 Å². The Morgan fingerprint density at radius 2 is 1.71 bits per heavy atom. The molecule has 0 aromatic carbocycles. The normalized spacial score (nSPS) is 29.0. The van der Waals surface area contributed by atoms with Crippen LogP contribution < -0.4 is 0 Å². The van der Waals surface area contributed by atoms with E-state index in [1.54, 1.807) is 12.5 Å². The maximum absolute atomic E-state index is 5.61. The maximum atomic E-state index is 5.61. The summed E-state index contributed by atoms with van der Waals surface area (Å²) >= 11 is 0. The lowest BCUT2D eigenvalue weighted by Gasteiger charge is -2.39. The van der Waals surface area contributed by atoms with Crippen molar-refractivity contribution in [3.8, 4) is 0 Å². The van der Waals surface area contributed by atoms with Crippen LogP contribution in [0.5, 0.6) is 0 Å². The van der Waals surface area contributed by atoms with E-state index in [4.69, 9.17) is 9.47 Å². The first-order valence-electron chi connectivity index (χ1n) is 6.35. The van der Waals surface area contributed by atoms with E-state index in [-0.39, 0.29) is 5.41 Å². The molecular weight excluding hydrogens is 212 g/mol. The summed E-state index contributed by atoms with van der Waals surface area (Å²) < 4.78 is 11.2. The van der Waals surface area contributed by atoms with Crippen LogP contribution in [0.25, 0.3) is 0 Å². The van der Waals surface area contributed by atoms with Crippen LogP contribution in [0.4, 0.5) is 0 Å². The molecule has 0 amide bonds. The molecule has 0 radical (unpaired) electrons. The van der Waals surface area contributed by atoms with E-state index >= 15 is 0 Å². The third kappa shape index (κ3) is 3.95. The maximum Gasteiger partial charge on any atom is 0.0967 e. The van der Waals surface area contributed by atoms with Gasteiger partial charge in [-0.2, -0.15) is 0 Å². The van der Waals surface area contributed by atoms with Crippen molar-refractivity contribution >= 4 is 0 Å². The van der Waals surface area contributed by atoms with E-state index in [1.165, 1.54) is 0 Å². The third-order valence-corrected chi connectivity index (χ3v) is 3.43. The lowest BCUT2D eigenvalue weighted by molar-refractivity contribution is -0.00322. The minimum atomic E-state index is 0.105. The Balaban J connectivity index is 2.64. The van der Waals surface area contributed by atoms with E-state index in [1.807, 2.05) is 26.0 Å². The highest BCUT2D eigenvalue weighted by Gasteiger charge is 2.37. The summed E-state index contributed by atoms with van der Waals surface area (Å²) in [5.74, 6) is 0.586. The summed E-state index contributed by atoms with van der Waals surface area (Å²) in [4.78, 5) is 0. The van der Waals surface area contributed by atoms with Gasteiger partial charge in [-0.05, 0) is 32.6 Å². The van der Waals surface area contributed by atoms with Gasteiger partial charge in [0.1, 0.15) is 0 Å². The van der Waals surface area contributed by atoms with Crippen molar-refractivity contribution in [2.24, 2.45) is 11.3 Å². The van der Waals surface area contributed by atoms with Crippen LogP contribution in [0.1, 0.15) is 33.6 Å². The minimum absolute atomic E-state index is 0.105. The number of hydrogen-bond donors (Lipinski definition) is 0. The second-order valence-corrected chi connectivity index (χ2v) is 4.74. The van der Waals surface area contributed by atoms with Gasteiger partial charge in [-0.25, -0.2) is 0 Å². The van der Waals surface area contributed by atoms with Gasteiger partial charge >= 0.3 is 0 Å². The van der Waals surface area contributed by atoms with Gasteiger partial charge in [0.05, 0.1) is 25.7 Å². The van der Waals surface area contributed by atoms with Crippen LogP contribution in [0, 0.1) is 11.3 Å². The molecule has 2 heteroatoms. The van der Waals surface area contributed by atoms with Gasteiger partial charge < -0.3 is 9.47 Å². The molecule has 0 bridgehead atoms. The molecule has 1 atom stereocenters. The van der Waals surface area contributed by atoms with Crippen molar-refractivity contribution in [3.05, 3.63) is 36.8 Å². The van der Waals surface area contributed by atoms with E-state index in [0.29, 0.717) is 5.92 Å². The molecule has 1 aliphatic rings. The fourth-order valence-corrected chi connectivity index (χ4v) is 2.13.